The van der Waals surface area contributed by atoms with Gasteiger partial charge in [0.2, 0.25) is 0 Å². The highest BCUT2D eigenvalue weighted by Crippen LogP contribution is 2.30. The molecule has 3 heteroatoms. The minimum Gasteiger partial charge on any atom is -0.384 e. The highest BCUT2D eigenvalue weighted by Gasteiger charge is 2.21. The number of aromatic nitrogens is 2. The molecule has 1 atom stereocenters. The number of hydrogen-bond acceptors (Lipinski definition) is 2. The fourth-order valence-electron chi connectivity index (χ4n) is 2.64. The first kappa shape index (κ1) is 10.4. The lowest BCUT2D eigenvalue weighted by atomic mass is 9.88. The highest BCUT2D eigenvalue weighted by atomic mass is 15.3. The number of anilines is 1. The fraction of sp³-hybridized carbons (Fsp3) is 0.357. The van der Waals surface area contributed by atoms with Crippen molar-refractivity contribution >= 4 is 5.82 Å². The maximum atomic E-state index is 6.05. The van der Waals surface area contributed by atoms with Crippen molar-refractivity contribution in [2.45, 2.75) is 32.2 Å². The summed E-state index contributed by atoms with van der Waals surface area (Å²) in [5.41, 5.74) is 10.0. The summed E-state index contributed by atoms with van der Waals surface area (Å²) < 4.78 is 1.99. The van der Waals surface area contributed by atoms with E-state index in [4.69, 9.17) is 5.73 Å². The van der Waals surface area contributed by atoms with Gasteiger partial charge in [0, 0.05) is 5.56 Å². The van der Waals surface area contributed by atoms with E-state index in [0.29, 0.717) is 6.04 Å². The van der Waals surface area contributed by atoms with Crippen molar-refractivity contribution in [2.24, 2.45) is 0 Å². The Labute approximate surface area is 101 Å². The van der Waals surface area contributed by atoms with Crippen molar-refractivity contribution < 1.29 is 0 Å². The Bertz CT molecular complexity index is 542. The largest absolute Gasteiger partial charge is 0.384 e. The first-order valence-corrected chi connectivity index (χ1v) is 6.12. The average Bonchev–Trinajstić information content (AvgIpc) is 2.70. The smallest absolute Gasteiger partial charge is 0.124 e. The van der Waals surface area contributed by atoms with Gasteiger partial charge >= 0.3 is 0 Å². The van der Waals surface area contributed by atoms with Gasteiger partial charge in [-0.25, -0.2) is 4.68 Å². The molecule has 3 nitrogen and oxygen atoms in total. The molecule has 0 spiro atoms. The molecule has 1 aromatic carbocycles. The molecule has 1 heterocycles. The standard InChI is InChI=1S/C14H17N3/c1-10-9-16-17(14(10)15)13-7-6-11-4-2-3-5-12(11)8-13/h2-5,9,13H,6-8,15H2,1H3. The van der Waals surface area contributed by atoms with Crippen LogP contribution >= 0.6 is 0 Å². The summed E-state index contributed by atoms with van der Waals surface area (Å²) in [6.07, 6.45) is 5.15. The molecule has 1 aromatic heterocycles. The van der Waals surface area contributed by atoms with E-state index < -0.39 is 0 Å². The molecule has 2 aromatic rings. The van der Waals surface area contributed by atoms with E-state index in [1.807, 2.05) is 17.8 Å². The van der Waals surface area contributed by atoms with Crippen LogP contribution in [0.25, 0.3) is 0 Å². The van der Waals surface area contributed by atoms with Crippen LogP contribution in [0.5, 0.6) is 0 Å². The maximum Gasteiger partial charge on any atom is 0.124 e. The molecule has 1 unspecified atom stereocenters. The van der Waals surface area contributed by atoms with E-state index >= 15 is 0 Å². The first-order valence-electron chi connectivity index (χ1n) is 6.12. The van der Waals surface area contributed by atoms with Gasteiger partial charge in [-0.3, -0.25) is 0 Å². The molecule has 3 rings (SSSR count). The summed E-state index contributed by atoms with van der Waals surface area (Å²) in [6, 6.07) is 9.08. The van der Waals surface area contributed by atoms with Crippen molar-refractivity contribution in [1.82, 2.24) is 9.78 Å². The normalized spacial score (nSPS) is 19.0. The Hall–Kier alpha value is -1.77. The number of nitrogen functional groups attached to an aromatic ring is 1. The summed E-state index contributed by atoms with van der Waals surface area (Å²) >= 11 is 0. The second-order valence-corrected chi connectivity index (χ2v) is 4.82. The monoisotopic (exact) mass is 227 g/mol. The molecule has 0 amide bonds. The third-order valence-electron chi connectivity index (χ3n) is 3.69. The van der Waals surface area contributed by atoms with Crippen molar-refractivity contribution in [2.75, 3.05) is 5.73 Å². The second-order valence-electron chi connectivity index (χ2n) is 4.82. The number of rotatable bonds is 1. The van der Waals surface area contributed by atoms with Gasteiger partial charge in [0.05, 0.1) is 12.2 Å². The van der Waals surface area contributed by atoms with Crippen molar-refractivity contribution in [3.63, 3.8) is 0 Å². The van der Waals surface area contributed by atoms with Gasteiger partial charge in [-0.1, -0.05) is 24.3 Å². The van der Waals surface area contributed by atoms with Crippen molar-refractivity contribution in [3.05, 3.63) is 47.2 Å². The van der Waals surface area contributed by atoms with E-state index in [9.17, 15) is 0 Å². The Balaban J connectivity index is 1.92. The zero-order chi connectivity index (χ0) is 11.8. The summed E-state index contributed by atoms with van der Waals surface area (Å²) in [5.74, 6) is 0.814. The molecule has 0 bridgehead atoms. The number of hydrogen-bond donors (Lipinski definition) is 1. The van der Waals surface area contributed by atoms with Crippen LogP contribution in [0.4, 0.5) is 5.82 Å². The third-order valence-corrected chi connectivity index (χ3v) is 3.69. The minimum atomic E-state index is 0.415. The lowest BCUT2D eigenvalue weighted by molar-refractivity contribution is 0.410. The fourth-order valence-corrected chi connectivity index (χ4v) is 2.64. The summed E-state index contributed by atoms with van der Waals surface area (Å²) in [6.45, 7) is 2.01. The van der Waals surface area contributed by atoms with Gasteiger partial charge in [-0.05, 0) is 37.3 Å². The lowest BCUT2D eigenvalue weighted by Gasteiger charge is -2.25. The van der Waals surface area contributed by atoms with E-state index in [1.54, 1.807) is 0 Å². The number of fused-ring (bicyclic) bond motifs is 1. The van der Waals surface area contributed by atoms with Crippen LogP contribution in [-0.2, 0) is 12.8 Å². The molecule has 0 aliphatic heterocycles. The number of aryl methyl sites for hydroxylation is 2. The molecule has 1 aliphatic rings. The average molecular weight is 227 g/mol. The summed E-state index contributed by atoms with van der Waals surface area (Å²) in [4.78, 5) is 0. The summed E-state index contributed by atoms with van der Waals surface area (Å²) in [5, 5.41) is 4.40. The van der Waals surface area contributed by atoms with Crippen LogP contribution in [0, 0.1) is 6.92 Å². The molecule has 0 saturated carbocycles. The number of benzene rings is 1. The lowest BCUT2D eigenvalue weighted by Crippen LogP contribution is -2.21. The Morgan fingerprint density at radius 3 is 2.76 bits per heavy atom. The Morgan fingerprint density at radius 2 is 2.06 bits per heavy atom. The molecule has 0 saturated heterocycles. The van der Waals surface area contributed by atoms with Gasteiger partial charge in [0.1, 0.15) is 5.82 Å². The van der Waals surface area contributed by atoms with Crippen molar-refractivity contribution in [3.8, 4) is 0 Å². The van der Waals surface area contributed by atoms with E-state index in [-0.39, 0.29) is 0 Å². The molecule has 0 fully saturated rings. The van der Waals surface area contributed by atoms with E-state index in [2.05, 4.69) is 29.4 Å². The molecule has 1 aliphatic carbocycles. The molecular weight excluding hydrogens is 210 g/mol. The van der Waals surface area contributed by atoms with Crippen molar-refractivity contribution in [1.29, 1.82) is 0 Å². The molecule has 0 radical (unpaired) electrons. The second kappa shape index (κ2) is 3.91. The maximum absolute atomic E-state index is 6.05. The highest BCUT2D eigenvalue weighted by molar-refractivity contribution is 5.38. The number of nitrogens with two attached hydrogens (primary N) is 1. The van der Waals surface area contributed by atoms with Gasteiger partial charge in [0.25, 0.3) is 0 Å². The third kappa shape index (κ3) is 1.71. The van der Waals surface area contributed by atoms with Crippen LogP contribution in [0.15, 0.2) is 30.5 Å². The van der Waals surface area contributed by atoms with Crippen LogP contribution in [0.2, 0.25) is 0 Å². The van der Waals surface area contributed by atoms with Crippen LogP contribution in [0.1, 0.15) is 29.2 Å². The molecule has 2 N–H and O–H groups in total. The molecule has 88 valence electrons. The first-order chi connectivity index (χ1) is 8.25. The summed E-state index contributed by atoms with van der Waals surface area (Å²) in [7, 11) is 0. The molecule has 17 heavy (non-hydrogen) atoms. The van der Waals surface area contributed by atoms with Crippen LogP contribution in [0.3, 0.4) is 0 Å². The quantitative estimate of drug-likeness (QED) is 0.813. The Morgan fingerprint density at radius 1 is 1.29 bits per heavy atom. The van der Waals surface area contributed by atoms with Gasteiger partial charge in [-0.2, -0.15) is 5.10 Å². The van der Waals surface area contributed by atoms with Gasteiger partial charge in [-0.15, -0.1) is 0 Å². The number of nitrogens with zero attached hydrogens (tertiary/aromatic N) is 2. The van der Waals surface area contributed by atoms with Crippen LogP contribution < -0.4 is 5.73 Å². The molecular formula is C14H17N3. The zero-order valence-corrected chi connectivity index (χ0v) is 10.1. The van der Waals surface area contributed by atoms with E-state index in [0.717, 1.165) is 30.6 Å². The predicted molar refractivity (Wildman–Crippen MR) is 68.9 cm³/mol. The van der Waals surface area contributed by atoms with Gasteiger partial charge < -0.3 is 5.73 Å². The minimum absolute atomic E-state index is 0.415. The van der Waals surface area contributed by atoms with Crippen LogP contribution in [-0.4, -0.2) is 9.78 Å². The zero-order valence-electron chi connectivity index (χ0n) is 10.1. The van der Waals surface area contributed by atoms with Gasteiger partial charge in [0.15, 0.2) is 0 Å². The van der Waals surface area contributed by atoms with E-state index in [1.165, 1.54) is 11.1 Å². The predicted octanol–water partition coefficient (Wildman–Crippen LogP) is 2.50. The topological polar surface area (TPSA) is 43.8 Å². The SMILES string of the molecule is Cc1cnn(C2CCc3ccccc3C2)c1N. The Kier molecular flexibility index (Phi) is 2.39.